The first-order valence-electron chi connectivity index (χ1n) is 6.35. The van der Waals surface area contributed by atoms with Gasteiger partial charge in [0.2, 0.25) is 0 Å². The van der Waals surface area contributed by atoms with Crippen molar-refractivity contribution in [2.75, 3.05) is 13.1 Å². The van der Waals surface area contributed by atoms with Crippen molar-refractivity contribution in [2.24, 2.45) is 5.41 Å². The number of carboxylic acid groups (broad SMARTS) is 1. The Hall–Kier alpha value is -2.05. The number of carbonyl (C=O) groups is 2. The van der Waals surface area contributed by atoms with E-state index in [0.717, 1.165) is 6.42 Å². The molecule has 3 N–H and O–H groups in total. The third-order valence-corrected chi connectivity index (χ3v) is 3.54. The number of carbonyl (C=O) groups excluding carboxylic acids is 1. The van der Waals surface area contributed by atoms with Crippen LogP contribution in [0.4, 0.5) is 4.79 Å². The number of rotatable bonds is 6. The standard InChI is InChI=1S/C12H18N4O3/c17-10(18)12(3-1-4-12)9-14-11(19)13-6-8-16-7-2-5-15-16/h2,5,7H,1,3-4,6,8-9H2,(H,17,18)(H2,13,14,19). The largest absolute Gasteiger partial charge is 0.481 e. The summed E-state index contributed by atoms with van der Waals surface area (Å²) in [6.07, 6.45) is 5.67. The number of aromatic nitrogens is 2. The molecule has 7 heteroatoms. The molecule has 104 valence electrons. The van der Waals surface area contributed by atoms with Crippen LogP contribution in [-0.4, -0.2) is 40.0 Å². The summed E-state index contributed by atoms with van der Waals surface area (Å²) in [4.78, 5) is 22.6. The van der Waals surface area contributed by atoms with Crippen LogP contribution in [0.25, 0.3) is 0 Å². The summed E-state index contributed by atoms with van der Waals surface area (Å²) in [6, 6.07) is 1.48. The molecule has 0 spiro atoms. The molecule has 1 aromatic heterocycles. The molecule has 0 radical (unpaired) electrons. The molecule has 0 saturated heterocycles. The first kappa shape index (κ1) is 13.4. The van der Waals surface area contributed by atoms with Gasteiger partial charge in [-0.1, -0.05) is 6.42 Å². The number of hydrogen-bond donors (Lipinski definition) is 3. The number of nitrogens with zero attached hydrogens (tertiary/aromatic N) is 2. The molecule has 0 bridgehead atoms. The summed E-state index contributed by atoms with van der Waals surface area (Å²) >= 11 is 0. The lowest BCUT2D eigenvalue weighted by Crippen LogP contribution is -2.50. The fourth-order valence-corrected chi connectivity index (χ4v) is 2.10. The zero-order valence-corrected chi connectivity index (χ0v) is 10.6. The first-order chi connectivity index (χ1) is 9.12. The highest BCUT2D eigenvalue weighted by Gasteiger charge is 2.44. The quantitative estimate of drug-likeness (QED) is 0.696. The Bertz CT molecular complexity index is 440. The monoisotopic (exact) mass is 266 g/mol. The van der Waals surface area contributed by atoms with Crippen molar-refractivity contribution in [3.05, 3.63) is 18.5 Å². The molecule has 19 heavy (non-hydrogen) atoms. The highest BCUT2D eigenvalue weighted by Crippen LogP contribution is 2.40. The van der Waals surface area contributed by atoms with E-state index in [1.54, 1.807) is 10.9 Å². The lowest BCUT2D eigenvalue weighted by atomic mass is 9.69. The summed E-state index contributed by atoms with van der Waals surface area (Å²) in [5, 5.41) is 18.4. The van der Waals surface area contributed by atoms with Crippen molar-refractivity contribution in [3.8, 4) is 0 Å². The molecule has 0 atom stereocenters. The van der Waals surface area contributed by atoms with Crippen molar-refractivity contribution in [2.45, 2.75) is 25.8 Å². The molecule has 2 amide bonds. The van der Waals surface area contributed by atoms with Crippen LogP contribution in [-0.2, 0) is 11.3 Å². The third kappa shape index (κ3) is 3.24. The Morgan fingerprint density at radius 2 is 2.16 bits per heavy atom. The van der Waals surface area contributed by atoms with Gasteiger partial charge in [-0.3, -0.25) is 9.48 Å². The van der Waals surface area contributed by atoms with Crippen LogP contribution >= 0.6 is 0 Å². The maximum atomic E-state index is 11.5. The second-order valence-electron chi connectivity index (χ2n) is 4.82. The molecule has 1 heterocycles. The predicted octanol–water partition coefficient (Wildman–Crippen LogP) is 0.437. The maximum absolute atomic E-state index is 11.5. The van der Waals surface area contributed by atoms with E-state index in [1.165, 1.54) is 0 Å². The van der Waals surface area contributed by atoms with Crippen molar-refractivity contribution in [1.82, 2.24) is 20.4 Å². The predicted molar refractivity (Wildman–Crippen MR) is 67.5 cm³/mol. The molecule has 7 nitrogen and oxygen atoms in total. The van der Waals surface area contributed by atoms with Crippen LogP contribution in [0.2, 0.25) is 0 Å². The second kappa shape index (κ2) is 5.73. The zero-order chi connectivity index (χ0) is 13.7. The minimum absolute atomic E-state index is 0.190. The van der Waals surface area contributed by atoms with E-state index < -0.39 is 11.4 Å². The van der Waals surface area contributed by atoms with Gasteiger partial charge >= 0.3 is 12.0 Å². The van der Waals surface area contributed by atoms with Gasteiger partial charge in [0.25, 0.3) is 0 Å². The van der Waals surface area contributed by atoms with E-state index in [9.17, 15) is 9.59 Å². The average molecular weight is 266 g/mol. The normalized spacial score (nSPS) is 16.4. The highest BCUT2D eigenvalue weighted by atomic mass is 16.4. The topological polar surface area (TPSA) is 96.3 Å². The fraction of sp³-hybridized carbons (Fsp3) is 0.583. The molecule has 1 fully saturated rings. The van der Waals surface area contributed by atoms with Crippen LogP contribution in [0.15, 0.2) is 18.5 Å². The number of carboxylic acids is 1. The van der Waals surface area contributed by atoms with E-state index in [2.05, 4.69) is 15.7 Å². The number of aliphatic carboxylic acids is 1. The Morgan fingerprint density at radius 3 is 2.68 bits per heavy atom. The Balaban J connectivity index is 1.66. The Kier molecular flexibility index (Phi) is 4.03. The minimum Gasteiger partial charge on any atom is -0.481 e. The third-order valence-electron chi connectivity index (χ3n) is 3.54. The summed E-state index contributed by atoms with van der Waals surface area (Å²) < 4.78 is 1.71. The van der Waals surface area contributed by atoms with Crippen molar-refractivity contribution < 1.29 is 14.7 Å². The van der Waals surface area contributed by atoms with Crippen LogP contribution in [0.3, 0.4) is 0 Å². The van der Waals surface area contributed by atoms with Gasteiger partial charge in [-0.05, 0) is 18.9 Å². The van der Waals surface area contributed by atoms with E-state index in [1.807, 2.05) is 12.3 Å². The summed E-state index contributed by atoms with van der Waals surface area (Å²) in [7, 11) is 0. The number of urea groups is 1. The molecular formula is C12H18N4O3. The highest BCUT2D eigenvalue weighted by molar-refractivity contribution is 5.78. The van der Waals surface area contributed by atoms with Crippen molar-refractivity contribution in [3.63, 3.8) is 0 Å². The lowest BCUT2D eigenvalue weighted by molar-refractivity contribution is -0.153. The molecule has 1 aromatic rings. The second-order valence-corrected chi connectivity index (χ2v) is 4.82. The van der Waals surface area contributed by atoms with Gasteiger partial charge in [-0.2, -0.15) is 5.10 Å². The van der Waals surface area contributed by atoms with Crippen LogP contribution in [0.5, 0.6) is 0 Å². The fourth-order valence-electron chi connectivity index (χ4n) is 2.10. The van der Waals surface area contributed by atoms with Crippen molar-refractivity contribution in [1.29, 1.82) is 0 Å². The van der Waals surface area contributed by atoms with E-state index >= 15 is 0 Å². The van der Waals surface area contributed by atoms with Crippen LogP contribution in [0, 0.1) is 5.41 Å². The molecular weight excluding hydrogens is 248 g/mol. The maximum Gasteiger partial charge on any atom is 0.314 e. The Morgan fingerprint density at radius 1 is 1.37 bits per heavy atom. The molecule has 0 unspecified atom stereocenters. The van der Waals surface area contributed by atoms with Crippen LogP contribution < -0.4 is 10.6 Å². The average Bonchev–Trinajstić information content (AvgIpc) is 2.80. The smallest absolute Gasteiger partial charge is 0.314 e. The van der Waals surface area contributed by atoms with Gasteiger partial charge in [0, 0.05) is 25.5 Å². The summed E-state index contributed by atoms with van der Waals surface area (Å²) in [5.74, 6) is -0.824. The molecule has 2 rings (SSSR count). The van der Waals surface area contributed by atoms with Gasteiger partial charge in [0.15, 0.2) is 0 Å². The van der Waals surface area contributed by atoms with Gasteiger partial charge < -0.3 is 15.7 Å². The molecule has 0 aromatic carbocycles. The molecule has 0 aliphatic heterocycles. The van der Waals surface area contributed by atoms with E-state index in [4.69, 9.17) is 5.11 Å². The summed E-state index contributed by atoms with van der Waals surface area (Å²) in [6.45, 7) is 1.23. The van der Waals surface area contributed by atoms with Gasteiger partial charge in [0.1, 0.15) is 0 Å². The SMILES string of the molecule is O=C(NCCn1cccn1)NCC1(C(=O)O)CCC1. The Labute approximate surface area is 111 Å². The van der Waals surface area contributed by atoms with Gasteiger partial charge in [-0.25, -0.2) is 4.79 Å². The number of hydrogen-bond acceptors (Lipinski definition) is 3. The number of amides is 2. The molecule has 1 aliphatic rings. The van der Waals surface area contributed by atoms with Gasteiger partial charge in [-0.15, -0.1) is 0 Å². The van der Waals surface area contributed by atoms with E-state index in [-0.39, 0.29) is 12.6 Å². The van der Waals surface area contributed by atoms with Crippen molar-refractivity contribution >= 4 is 12.0 Å². The van der Waals surface area contributed by atoms with E-state index in [0.29, 0.717) is 25.9 Å². The number of nitrogens with one attached hydrogen (secondary N) is 2. The minimum atomic E-state index is -0.824. The summed E-state index contributed by atoms with van der Waals surface area (Å²) in [5.41, 5.74) is -0.751. The first-order valence-corrected chi connectivity index (χ1v) is 6.35. The lowest BCUT2D eigenvalue weighted by Gasteiger charge is -2.37. The van der Waals surface area contributed by atoms with Gasteiger partial charge in [0.05, 0.1) is 12.0 Å². The molecule has 1 saturated carbocycles. The molecule has 1 aliphatic carbocycles. The zero-order valence-electron chi connectivity index (χ0n) is 10.6. The van der Waals surface area contributed by atoms with Crippen LogP contribution in [0.1, 0.15) is 19.3 Å².